The minimum absolute atomic E-state index is 0.0960. The zero-order valence-corrected chi connectivity index (χ0v) is 14.7. The highest BCUT2D eigenvalue weighted by atomic mass is 16.3. The largest absolute Gasteiger partial charge is 0.483 e. The Morgan fingerprint density at radius 2 is 2.16 bits per heavy atom. The number of fused-ring (bicyclic) bond motifs is 1. The van der Waals surface area contributed by atoms with E-state index in [1.165, 1.54) is 0 Å². The van der Waals surface area contributed by atoms with Crippen LogP contribution in [0.4, 0.5) is 0 Å². The number of aromatic nitrogens is 5. The summed E-state index contributed by atoms with van der Waals surface area (Å²) in [5, 5.41) is 15.3. The average molecular weight is 348 g/mol. The summed E-state index contributed by atoms with van der Waals surface area (Å²) in [7, 11) is 0. The molecule has 0 bridgehead atoms. The van der Waals surface area contributed by atoms with Crippen molar-refractivity contribution >= 4 is 12.4 Å². The number of carbonyl (C=O) groups is 2. The number of nitrogens with zero attached hydrogens (tertiary/aromatic N) is 6. The third-order valence-corrected chi connectivity index (χ3v) is 4.04. The summed E-state index contributed by atoms with van der Waals surface area (Å²) in [6.45, 7) is 7.70. The maximum Gasteiger partial charge on any atom is 0.290 e. The number of carbonyl (C=O) groups excluding carboxylic acids is 1. The van der Waals surface area contributed by atoms with Crippen molar-refractivity contribution in [1.29, 1.82) is 0 Å². The Morgan fingerprint density at radius 3 is 2.76 bits per heavy atom. The topological polar surface area (TPSA) is 106 Å². The van der Waals surface area contributed by atoms with Crippen LogP contribution >= 0.6 is 0 Å². The molecule has 0 aliphatic carbocycles. The van der Waals surface area contributed by atoms with Crippen LogP contribution in [0.5, 0.6) is 0 Å². The monoisotopic (exact) mass is 348 g/mol. The van der Waals surface area contributed by atoms with Crippen molar-refractivity contribution in [2.45, 2.75) is 46.3 Å². The molecular weight excluding hydrogens is 324 g/mol. The van der Waals surface area contributed by atoms with Gasteiger partial charge in [-0.25, -0.2) is 4.98 Å². The van der Waals surface area contributed by atoms with Crippen molar-refractivity contribution in [2.24, 2.45) is 5.92 Å². The van der Waals surface area contributed by atoms with E-state index >= 15 is 0 Å². The van der Waals surface area contributed by atoms with Gasteiger partial charge in [-0.05, 0) is 19.3 Å². The predicted octanol–water partition coefficient (Wildman–Crippen LogP) is 1.11. The molecule has 1 aliphatic heterocycles. The number of hydrogen-bond acceptors (Lipinski definition) is 5. The van der Waals surface area contributed by atoms with Crippen LogP contribution in [0.25, 0.3) is 0 Å². The van der Waals surface area contributed by atoms with Gasteiger partial charge in [0.2, 0.25) is 5.91 Å². The van der Waals surface area contributed by atoms with E-state index in [1.54, 1.807) is 23.3 Å². The SMILES string of the molecule is Cc1nnc2n1[C@@H](CC(C)C)CN(C(=O)Cn1ccnc1)C2.O=CO. The second-order valence-corrected chi connectivity index (χ2v) is 6.43. The van der Waals surface area contributed by atoms with E-state index in [0.717, 1.165) is 24.6 Å². The van der Waals surface area contributed by atoms with Gasteiger partial charge in [-0.15, -0.1) is 10.2 Å². The van der Waals surface area contributed by atoms with Gasteiger partial charge in [0.25, 0.3) is 6.47 Å². The molecule has 0 radical (unpaired) electrons. The van der Waals surface area contributed by atoms with Crippen LogP contribution in [-0.4, -0.2) is 53.2 Å². The van der Waals surface area contributed by atoms with E-state index in [4.69, 9.17) is 9.90 Å². The highest BCUT2D eigenvalue weighted by molar-refractivity contribution is 5.76. The lowest BCUT2D eigenvalue weighted by Gasteiger charge is -2.35. The van der Waals surface area contributed by atoms with E-state index in [1.807, 2.05) is 11.8 Å². The number of imidazole rings is 1. The van der Waals surface area contributed by atoms with Crippen molar-refractivity contribution in [3.8, 4) is 0 Å². The molecule has 2 aromatic rings. The minimum atomic E-state index is -0.250. The Kier molecular flexibility index (Phi) is 6.26. The van der Waals surface area contributed by atoms with E-state index in [-0.39, 0.29) is 18.4 Å². The highest BCUT2D eigenvalue weighted by Crippen LogP contribution is 2.27. The maximum atomic E-state index is 12.5. The molecule has 1 N–H and O–H groups in total. The van der Waals surface area contributed by atoms with Gasteiger partial charge in [-0.2, -0.15) is 0 Å². The first-order chi connectivity index (χ1) is 12.0. The van der Waals surface area contributed by atoms with Crippen molar-refractivity contribution < 1.29 is 14.7 Å². The van der Waals surface area contributed by atoms with Crippen LogP contribution < -0.4 is 0 Å². The van der Waals surface area contributed by atoms with Crippen LogP contribution in [-0.2, 0) is 22.7 Å². The van der Waals surface area contributed by atoms with Crippen molar-refractivity contribution in [3.05, 3.63) is 30.4 Å². The van der Waals surface area contributed by atoms with Crippen LogP contribution in [0.3, 0.4) is 0 Å². The quantitative estimate of drug-likeness (QED) is 0.830. The minimum Gasteiger partial charge on any atom is -0.483 e. The average Bonchev–Trinajstić information content (AvgIpc) is 3.17. The third kappa shape index (κ3) is 4.65. The fraction of sp³-hybridized carbons (Fsp3) is 0.562. The molecule has 0 fully saturated rings. The van der Waals surface area contributed by atoms with Crippen molar-refractivity contribution in [3.63, 3.8) is 0 Å². The predicted molar refractivity (Wildman–Crippen MR) is 89.6 cm³/mol. The Morgan fingerprint density at radius 1 is 1.44 bits per heavy atom. The molecule has 3 rings (SSSR count). The standard InChI is InChI=1S/C15H22N6O.CH2O2/c1-11(2)6-13-7-20(8-14-18-17-12(3)21(13)14)15(22)9-19-5-4-16-10-19;2-1-3/h4-5,10-11,13H,6-9H2,1-3H3;1H,(H,2,3)/t13-;/m0./s1. The molecule has 0 unspecified atom stereocenters. The Bertz CT molecular complexity index is 695. The number of aryl methyl sites for hydroxylation is 1. The van der Waals surface area contributed by atoms with E-state index in [9.17, 15) is 4.79 Å². The molecule has 1 amide bonds. The highest BCUT2D eigenvalue weighted by Gasteiger charge is 2.30. The summed E-state index contributed by atoms with van der Waals surface area (Å²) in [4.78, 5) is 26.8. The Hall–Kier alpha value is -2.71. The zero-order valence-electron chi connectivity index (χ0n) is 14.7. The van der Waals surface area contributed by atoms with Gasteiger partial charge in [0.05, 0.1) is 18.9 Å². The lowest BCUT2D eigenvalue weighted by molar-refractivity contribution is -0.134. The summed E-state index contributed by atoms with van der Waals surface area (Å²) in [5.41, 5.74) is 0. The summed E-state index contributed by atoms with van der Waals surface area (Å²) >= 11 is 0. The Balaban J connectivity index is 0.000000701. The molecule has 0 saturated heterocycles. The summed E-state index contributed by atoms with van der Waals surface area (Å²) in [6.07, 6.45) is 6.17. The molecule has 9 heteroatoms. The second kappa shape index (κ2) is 8.41. The molecular formula is C16H24N6O3. The Labute approximate surface area is 146 Å². The van der Waals surface area contributed by atoms with E-state index in [0.29, 0.717) is 19.0 Å². The van der Waals surface area contributed by atoms with Gasteiger partial charge in [0, 0.05) is 18.9 Å². The fourth-order valence-corrected chi connectivity index (χ4v) is 3.12. The van der Waals surface area contributed by atoms with Crippen LogP contribution in [0.15, 0.2) is 18.7 Å². The number of hydrogen-bond donors (Lipinski definition) is 1. The summed E-state index contributed by atoms with van der Waals surface area (Å²) in [6, 6.07) is 0.255. The molecule has 25 heavy (non-hydrogen) atoms. The first-order valence-electron chi connectivity index (χ1n) is 8.18. The summed E-state index contributed by atoms with van der Waals surface area (Å²) in [5.74, 6) is 2.47. The van der Waals surface area contributed by atoms with Crippen LogP contribution in [0, 0.1) is 12.8 Å². The first kappa shape index (κ1) is 18.6. The third-order valence-electron chi connectivity index (χ3n) is 4.04. The fourth-order valence-electron chi connectivity index (χ4n) is 3.12. The van der Waals surface area contributed by atoms with Gasteiger partial charge >= 0.3 is 0 Å². The molecule has 2 aromatic heterocycles. The van der Waals surface area contributed by atoms with Gasteiger partial charge in [-0.3, -0.25) is 9.59 Å². The van der Waals surface area contributed by atoms with E-state index in [2.05, 4.69) is 33.6 Å². The van der Waals surface area contributed by atoms with Gasteiger partial charge in [-0.1, -0.05) is 13.8 Å². The molecule has 0 saturated carbocycles. The molecule has 1 aliphatic rings. The number of carboxylic acid groups (broad SMARTS) is 1. The molecule has 1 atom stereocenters. The van der Waals surface area contributed by atoms with Gasteiger partial charge in [0.1, 0.15) is 12.4 Å². The second-order valence-electron chi connectivity index (χ2n) is 6.43. The number of rotatable bonds is 4. The molecule has 0 spiro atoms. The number of amides is 1. The molecule has 0 aromatic carbocycles. The van der Waals surface area contributed by atoms with Crippen molar-refractivity contribution in [2.75, 3.05) is 6.54 Å². The van der Waals surface area contributed by atoms with Crippen molar-refractivity contribution in [1.82, 2.24) is 29.2 Å². The van der Waals surface area contributed by atoms with Gasteiger partial charge < -0.3 is 19.1 Å². The smallest absolute Gasteiger partial charge is 0.290 e. The van der Waals surface area contributed by atoms with Crippen LogP contribution in [0.1, 0.15) is 38.0 Å². The molecule has 3 heterocycles. The lowest BCUT2D eigenvalue weighted by atomic mass is 10.0. The summed E-state index contributed by atoms with van der Waals surface area (Å²) < 4.78 is 3.99. The molecule has 136 valence electrons. The maximum absolute atomic E-state index is 12.5. The van der Waals surface area contributed by atoms with E-state index < -0.39 is 0 Å². The molecule has 9 nitrogen and oxygen atoms in total. The lowest BCUT2D eigenvalue weighted by Crippen LogP contribution is -2.43. The van der Waals surface area contributed by atoms with Gasteiger partial charge in [0.15, 0.2) is 5.82 Å². The zero-order chi connectivity index (χ0) is 18.4. The first-order valence-corrected chi connectivity index (χ1v) is 8.18. The normalized spacial score (nSPS) is 16.2. The van der Waals surface area contributed by atoms with Crippen LogP contribution in [0.2, 0.25) is 0 Å².